The van der Waals surface area contributed by atoms with Crippen molar-refractivity contribution in [2.75, 3.05) is 20.8 Å². The van der Waals surface area contributed by atoms with E-state index in [1.165, 1.54) is 14.2 Å². The lowest BCUT2D eigenvalue weighted by Gasteiger charge is -2.09. The number of hydrogen-bond donors (Lipinski definition) is 1. The summed E-state index contributed by atoms with van der Waals surface area (Å²) in [5, 5.41) is 3.88. The Morgan fingerprint density at radius 3 is 2.46 bits per heavy atom. The number of aromatic nitrogens is 2. The van der Waals surface area contributed by atoms with Crippen LogP contribution in [-0.2, 0) is 6.42 Å². The molecule has 2 heterocycles. The Kier molecular flexibility index (Phi) is 5.54. The van der Waals surface area contributed by atoms with Crippen molar-refractivity contribution in [3.05, 3.63) is 58.0 Å². The van der Waals surface area contributed by atoms with Gasteiger partial charge in [-0.2, -0.15) is 0 Å². The quantitative estimate of drug-likeness (QED) is 0.694. The van der Waals surface area contributed by atoms with Crippen molar-refractivity contribution < 1.29 is 14.3 Å². The number of rotatable bonds is 6. The van der Waals surface area contributed by atoms with Crippen LogP contribution in [0.3, 0.4) is 0 Å². The fraction of sp³-hybridized carbons (Fsp3) is 0.222. The summed E-state index contributed by atoms with van der Waals surface area (Å²) in [6, 6.07) is 6.67. The number of imidazole rings is 1. The molecule has 0 unspecified atom stereocenters. The highest BCUT2D eigenvalue weighted by atomic mass is 35.5. The molecule has 1 amide bonds. The van der Waals surface area contributed by atoms with E-state index in [9.17, 15) is 4.79 Å². The molecule has 0 aliphatic heterocycles. The molecule has 136 valence electrons. The maximum absolute atomic E-state index is 12.4. The monoisotopic (exact) mass is 393 g/mol. The number of nitrogens with one attached hydrogen (secondary N) is 1. The van der Waals surface area contributed by atoms with E-state index in [-0.39, 0.29) is 5.91 Å². The largest absolute Gasteiger partial charge is 0.497 e. The molecule has 0 atom stereocenters. The van der Waals surface area contributed by atoms with E-state index in [2.05, 4.69) is 10.3 Å². The number of amides is 1. The minimum absolute atomic E-state index is 0.216. The van der Waals surface area contributed by atoms with Crippen LogP contribution in [0.5, 0.6) is 11.5 Å². The zero-order chi connectivity index (χ0) is 18.7. The average molecular weight is 394 g/mol. The standard InChI is InChI=1S/C18H17Cl2N3O3/c1-25-14-5-11(6-15(8-14)26-2)18(24)21-4-3-13-10-23-9-12(19)7-16(20)17(23)22-13/h5-10H,3-4H2,1-2H3,(H,21,24). The van der Waals surface area contributed by atoms with E-state index >= 15 is 0 Å². The van der Waals surface area contributed by atoms with Gasteiger partial charge in [-0.1, -0.05) is 23.2 Å². The number of ether oxygens (including phenoxy) is 2. The third-order valence-electron chi connectivity index (χ3n) is 3.80. The minimum atomic E-state index is -0.216. The van der Waals surface area contributed by atoms with E-state index in [0.29, 0.717) is 45.7 Å². The molecular formula is C18H17Cl2N3O3. The third-order valence-corrected chi connectivity index (χ3v) is 4.29. The van der Waals surface area contributed by atoms with Crippen LogP contribution in [0, 0.1) is 0 Å². The predicted octanol–water partition coefficient (Wildman–Crippen LogP) is 3.63. The number of carbonyl (C=O) groups excluding carboxylic acids is 1. The second kappa shape index (κ2) is 7.85. The fourth-order valence-corrected chi connectivity index (χ4v) is 3.07. The van der Waals surface area contributed by atoms with E-state index < -0.39 is 0 Å². The van der Waals surface area contributed by atoms with Crippen molar-refractivity contribution in [1.82, 2.24) is 14.7 Å². The SMILES string of the molecule is COc1cc(OC)cc(C(=O)NCCc2cn3cc(Cl)cc(Cl)c3n2)c1. The molecule has 6 nitrogen and oxygen atoms in total. The smallest absolute Gasteiger partial charge is 0.251 e. The molecule has 1 N–H and O–H groups in total. The van der Waals surface area contributed by atoms with Crippen molar-refractivity contribution in [3.63, 3.8) is 0 Å². The maximum Gasteiger partial charge on any atom is 0.251 e. The average Bonchev–Trinajstić information content (AvgIpc) is 3.04. The zero-order valence-electron chi connectivity index (χ0n) is 14.3. The van der Waals surface area contributed by atoms with Gasteiger partial charge >= 0.3 is 0 Å². The van der Waals surface area contributed by atoms with Crippen molar-refractivity contribution >= 4 is 34.8 Å². The molecule has 3 aromatic rings. The molecule has 2 aromatic heterocycles. The number of fused-ring (bicyclic) bond motifs is 1. The van der Waals surface area contributed by atoms with Crippen LogP contribution in [0.15, 0.2) is 36.7 Å². The van der Waals surface area contributed by atoms with Crippen molar-refractivity contribution in [2.45, 2.75) is 6.42 Å². The Morgan fingerprint density at radius 2 is 1.81 bits per heavy atom. The Balaban J connectivity index is 1.66. The maximum atomic E-state index is 12.4. The van der Waals surface area contributed by atoms with Gasteiger partial charge in [-0.3, -0.25) is 4.79 Å². The second-order valence-electron chi connectivity index (χ2n) is 5.58. The van der Waals surface area contributed by atoms with Gasteiger partial charge in [0.2, 0.25) is 0 Å². The normalized spacial score (nSPS) is 10.8. The highest BCUT2D eigenvalue weighted by molar-refractivity contribution is 6.36. The Bertz CT molecular complexity index is 934. The first-order valence-electron chi connectivity index (χ1n) is 7.84. The van der Waals surface area contributed by atoms with Gasteiger partial charge in [0.1, 0.15) is 11.5 Å². The number of hydrogen-bond acceptors (Lipinski definition) is 4. The fourth-order valence-electron chi connectivity index (χ4n) is 2.54. The number of benzene rings is 1. The van der Waals surface area contributed by atoms with Gasteiger partial charge in [0.15, 0.2) is 5.65 Å². The Hall–Kier alpha value is -2.44. The number of methoxy groups -OCH3 is 2. The molecule has 8 heteroatoms. The molecule has 1 aromatic carbocycles. The summed E-state index contributed by atoms with van der Waals surface area (Å²) in [7, 11) is 3.08. The summed E-state index contributed by atoms with van der Waals surface area (Å²) < 4.78 is 12.1. The molecular weight excluding hydrogens is 377 g/mol. The first kappa shape index (κ1) is 18.4. The molecule has 0 aliphatic rings. The van der Waals surface area contributed by atoms with Crippen LogP contribution < -0.4 is 14.8 Å². The van der Waals surface area contributed by atoms with E-state index in [4.69, 9.17) is 32.7 Å². The lowest BCUT2D eigenvalue weighted by atomic mass is 10.2. The minimum Gasteiger partial charge on any atom is -0.497 e. The molecule has 0 saturated heterocycles. The van der Waals surface area contributed by atoms with E-state index in [1.807, 2.05) is 6.20 Å². The topological polar surface area (TPSA) is 64.9 Å². The molecule has 0 aliphatic carbocycles. The lowest BCUT2D eigenvalue weighted by molar-refractivity contribution is 0.0953. The summed E-state index contributed by atoms with van der Waals surface area (Å²) in [6.07, 6.45) is 4.14. The summed E-state index contributed by atoms with van der Waals surface area (Å²) in [5.41, 5.74) is 1.90. The molecule has 0 spiro atoms. The highest BCUT2D eigenvalue weighted by Gasteiger charge is 2.11. The zero-order valence-corrected chi connectivity index (χ0v) is 15.8. The van der Waals surface area contributed by atoms with E-state index in [0.717, 1.165) is 5.69 Å². The Labute approximate surface area is 160 Å². The second-order valence-corrected chi connectivity index (χ2v) is 6.42. The van der Waals surface area contributed by atoms with Crippen molar-refractivity contribution in [1.29, 1.82) is 0 Å². The molecule has 0 fully saturated rings. The summed E-state index contributed by atoms with van der Waals surface area (Å²) >= 11 is 12.1. The first-order chi connectivity index (χ1) is 12.5. The first-order valence-corrected chi connectivity index (χ1v) is 8.59. The van der Waals surface area contributed by atoms with Crippen molar-refractivity contribution in [3.8, 4) is 11.5 Å². The molecule has 0 bridgehead atoms. The summed E-state index contributed by atoms with van der Waals surface area (Å²) in [6.45, 7) is 0.424. The highest BCUT2D eigenvalue weighted by Crippen LogP contribution is 2.23. The van der Waals surface area contributed by atoms with Gasteiger partial charge in [-0.25, -0.2) is 4.98 Å². The van der Waals surface area contributed by atoms with Gasteiger partial charge in [0.05, 0.1) is 30.0 Å². The van der Waals surface area contributed by atoms with Gasteiger partial charge in [0, 0.05) is 37.0 Å². The van der Waals surface area contributed by atoms with Crippen LogP contribution in [0.4, 0.5) is 0 Å². The molecule has 0 saturated carbocycles. The van der Waals surface area contributed by atoms with Crippen LogP contribution in [-0.4, -0.2) is 36.1 Å². The van der Waals surface area contributed by atoms with Gasteiger partial charge in [0.25, 0.3) is 5.91 Å². The Morgan fingerprint density at radius 1 is 1.12 bits per heavy atom. The van der Waals surface area contributed by atoms with Gasteiger partial charge < -0.3 is 19.2 Å². The lowest BCUT2D eigenvalue weighted by Crippen LogP contribution is -2.25. The van der Waals surface area contributed by atoms with Crippen LogP contribution in [0.2, 0.25) is 10.0 Å². The van der Waals surface area contributed by atoms with Crippen molar-refractivity contribution in [2.24, 2.45) is 0 Å². The van der Waals surface area contributed by atoms with Crippen LogP contribution in [0.25, 0.3) is 5.65 Å². The summed E-state index contributed by atoms with van der Waals surface area (Å²) in [4.78, 5) is 16.8. The number of carbonyl (C=O) groups is 1. The predicted molar refractivity (Wildman–Crippen MR) is 101 cm³/mol. The number of nitrogens with zero attached hydrogens (tertiary/aromatic N) is 2. The van der Waals surface area contributed by atoms with E-state index in [1.54, 1.807) is 34.9 Å². The van der Waals surface area contributed by atoms with Crippen LogP contribution >= 0.6 is 23.2 Å². The molecule has 0 radical (unpaired) electrons. The van der Waals surface area contributed by atoms with Gasteiger partial charge in [-0.05, 0) is 18.2 Å². The number of pyridine rings is 1. The summed E-state index contributed by atoms with van der Waals surface area (Å²) in [5.74, 6) is 0.898. The molecule has 3 rings (SSSR count). The number of halogens is 2. The van der Waals surface area contributed by atoms with Crippen LogP contribution in [0.1, 0.15) is 16.1 Å². The molecule has 26 heavy (non-hydrogen) atoms. The third kappa shape index (κ3) is 4.03. The van der Waals surface area contributed by atoms with Gasteiger partial charge in [-0.15, -0.1) is 0 Å².